The highest BCUT2D eigenvalue weighted by atomic mass is 19.3. The summed E-state index contributed by atoms with van der Waals surface area (Å²) in [7, 11) is 0. The molecule has 0 aliphatic rings. The molecule has 6 nitrogen and oxygen atoms in total. The Kier molecular flexibility index (Phi) is 6.94. The molecule has 0 radical (unpaired) electrons. The highest BCUT2D eigenvalue weighted by Crippen LogP contribution is 2.30. The van der Waals surface area contributed by atoms with Crippen molar-refractivity contribution >= 4 is 22.9 Å². The van der Waals surface area contributed by atoms with E-state index < -0.39 is 64.1 Å². The van der Waals surface area contributed by atoms with Crippen LogP contribution in [0.3, 0.4) is 0 Å². The fourth-order valence-electron chi connectivity index (χ4n) is 3.30. The van der Waals surface area contributed by atoms with Gasteiger partial charge in [-0.15, -0.1) is 0 Å². The van der Waals surface area contributed by atoms with Gasteiger partial charge in [-0.05, 0) is 58.0 Å². The second kappa shape index (κ2) is 9.40. The molecule has 2 aromatic carbocycles. The average molecular weight is 483 g/mol. The van der Waals surface area contributed by atoms with Crippen LogP contribution in [-0.2, 0) is 4.74 Å². The number of carbonyl (C=O) groups excluding carboxylic acids is 1. The molecule has 11 heteroatoms. The van der Waals surface area contributed by atoms with Gasteiger partial charge in [0.25, 0.3) is 18.4 Å². The van der Waals surface area contributed by atoms with Gasteiger partial charge < -0.3 is 4.74 Å². The van der Waals surface area contributed by atoms with Crippen LogP contribution in [-0.4, -0.2) is 27.8 Å². The number of alkyl halides is 4. The topological polar surface area (TPSA) is 64.4 Å². The van der Waals surface area contributed by atoms with Gasteiger partial charge in [0.1, 0.15) is 16.8 Å². The largest absolute Gasteiger partial charge is 0.443 e. The molecular weight excluding hydrogens is 461 g/mol. The van der Waals surface area contributed by atoms with Crippen molar-refractivity contribution in [1.29, 1.82) is 0 Å². The lowest BCUT2D eigenvalue weighted by Gasteiger charge is -2.27. The van der Waals surface area contributed by atoms with Crippen LogP contribution in [0.5, 0.6) is 0 Å². The number of aromatic nitrogens is 2. The van der Waals surface area contributed by atoms with E-state index in [1.54, 1.807) is 20.8 Å². The summed E-state index contributed by atoms with van der Waals surface area (Å²) in [6.45, 7) is 6.27. The fourth-order valence-corrected chi connectivity index (χ4v) is 3.30. The predicted octanol–water partition coefficient (Wildman–Crippen LogP) is 6.16. The van der Waals surface area contributed by atoms with Crippen LogP contribution in [0.25, 0.3) is 16.6 Å². The molecule has 0 aliphatic carbocycles. The molecule has 34 heavy (non-hydrogen) atoms. The number of halogens is 5. The standard InChI is InChI=1S/C23H22F5N3O3/c1-5-30(22(33)34-23(2,3)4)21-29-16-8-6-7-15(24)17(16)20(32)31(21)14-10-12(18(25)26)9-13(11-14)19(27)28/h6-11,18-19H,5H2,1-4H3. The van der Waals surface area contributed by atoms with Gasteiger partial charge in [-0.25, -0.2) is 41.2 Å². The Labute approximate surface area is 191 Å². The maximum atomic E-state index is 14.6. The van der Waals surface area contributed by atoms with Crippen molar-refractivity contribution in [3.63, 3.8) is 0 Å². The number of carbonyl (C=O) groups is 1. The first-order valence-electron chi connectivity index (χ1n) is 10.3. The van der Waals surface area contributed by atoms with Crippen molar-refractivity contribution in [3.05, 3.63) is 63.7 Å². The number of amides is 1. The van der Waals surface area contributed by atoms with Crippen molar-refractivity contribution in [2.75, 3.05) is 11.4 Å². The molecule has 0 atom stereocenters. The summed E-state index contributed by atoms with van der Waals surface area (Å²) in [5.41, 5.74) is -4.09. The number of fused-ring (bicyclic) bond motifs is 1. The lowest BCUT2D eigenvalue weighted by Crippen LogP contribution is -2.40. The zero-order chi connectivity index (χ0) is 25.4. The molecule has 0 aliphatic heterocycles. The normalized spacial score (nSPS) is 12.0. The Morgan fingerprint density at radius 2 is 1.68 bits per heavy atom. The van der Waals surface area contributed by atoms with Gasteiger partial charge in [-0.2, -0.15) is 0 Å². The first-order chi connectivity index (χ1) is 15.8. The van der Waals surface area contributed by atoms with Crippen molar-refractivity contribution in [2.24, 2.45) is 0 Å². The molecule has 0 unspecified atom stereocenters. The van der Waals surface area contributed by atoms with E-state index >= 15 is 0 Å². The number of hydrogen-bond donors (Lipinski definition) is 0. The van der Waals surface area contributed by atoms with E-state index in [2.05, 4.69) is 4.98 Å². The maximum absolute atomic E-state index is 14.6. The third-order valence-electron chi connectivity index (χ3n) is 4.73. The zero-order valence-corrected chi connectivity index (χ0v) is 18.8. The van der Waals surface area contributed by atoms with E-state index in [9.17, 15) is 31.5 Å². The number of nitrogens with zero attached hydrogens (tertiary/aromatic N) is 3. The molecule has 0 spiro atoms. The van der Waals surface area contributed by atoms with Crippen molar-refractivity contribution in [3.8, 4) is 5.69 Å². The molecule has 0 saturated carbocycles. The van der Waals surface area contributed by atoms with Crippen LogP contribution < -0.4 is 10.5 Å². The van der Waals surface area contributed by atoms with Gasteiger partial charge >= 0.3 is 6.09 Å². The van der Waals surface area contributed by atoms with Crippen LogP contribution in [0, 0.1) is 5.82 Å². The van der Waals surface area contributed by atoms with E-state index in [0.29, 0.717) is 10.6 Å². The minimum Gasteiger partial charge on any atom is -0.443 e. The average Bonchev–Trinajstić information content (AvgIpc) is 2.72. The van der Waals surface area contributed by atoms with Gasteiger partial charge in [0.05, 0.1) is 11.2 Å². The first kappa shape index (κ1) is 25.1. The molecule has 1 amide bonds. The predicted molar refractivity (Wildman–Crippen MR) is 116 cm³/mol. The number of rotatable bonds is 5. The highest BCUT2D eigenvalue weighted by Gasteiger charge is 2.28. The van der Waals surface area contributed by atoms with Crippen LogP contribution in [0.15, 0.2) is 41.2 Å². The molecule has 0 fully saturated rings. The minimum atomic E-state index is -3.13. The quantitative estimate of drug-likeness (QED) is 0.408. The Morgan fingerprint density at radius 3 is 2.18 bits per heavy atom. The molecule has 182 valence electrons. The van der Waals surface area contributed by atoms with Crippen molar-refractivity contribution in [2.45, 2.75) is 46.1 Å². The van der Waals surface area contributed by atoms with Crippen LogP contribution in [0.2, 0.25) is 0 Å². The van der Waals surface area contributed by atoms with Crippen molar-refractivity contribution < 1.29 is 31.5 Å². The SMILES string of the molecule is CCN(C(=O)OC(C)(C)C)c1nc2cccc(F)c2c(=O)n1-c1cc(C(F)F)cc(C(F)F)c1. The highest BCUT2D eigenvalue weighted by molar-refractivity contribution is 5.88. The third kappa shape index (κ3) is 5.02. The third-order valence-corrected chi connectivity index (χ3v) is 4.73. The molecule has 1 aromatic heterocycles. The first-order valence-corrected chi connectivity index (χ1v) is 10.3. The summed E-state index contributed by atoms with van der Waals surface area (Å²) in [4.78, 5) is 31.4. The van der Waals surface area contributed by atoms with E-state index in [-0.39, 0.29) is 12.1 Å². The summed E-state index contributed by atoms with van der Waals surface area (Å²) < 4.78 is 74.5. The number of hydrogen-bond acceptors (Lipinski definition) is 4. The van der Waals surface area contributed by atoms with E-state index in [4.69, 9.17) is 4.74 Å². The second-order valence-electron chi connectivity index (χ2n) is 8.37. The van der Waals surface area contributed by atoms with Crippen LogP contribution in [0.4, 0.5) is 32.7 Å². The monoisotopic (exact) mass is 483 g/mol. The van der Waals surface area contributed by atoms with Gasteiger partial charge in [0.2, 0.25) is 5.95 Å². The Morgan fingerprint density at radius 1 is 1.09 bits per heavy atom. The van der Waals surface area contributed by atoms with Crippen LogP contribution in [0.1, 0.15) is 51.7 Å². The lowest BCUT2D eigenvalue weighted by atomic mass is 10.1. The van der Waals surface area contributed by atoms with Gasteiger partial charge in [0.15, 0.2) is 0 Å². The number of ether oxygens (including phenoxy) is 1. The smallest absolute Gasteiger partial charge is 0.417 e. The summed E-state index contributed by atoms with van der Waals surface area (Å²) in [6, 6.07) is 5.88. The summed E-state index contributed by atoms with van der Waals surface area (Å²) in [5, 5.41) is -0.493. The Balaban J connectivity index is 2.41. The summed E-state index contributed by atoms with van der Waals surface area (Å²) in [6.07, 6.45) is -7.18. The van der Waals surface area contributed by atoms with E-state index in [1.165, 1.54) is 19.1 Å². The van der Waals surface area contributed by atoms with E-state index in [0.717, 1.165) is 23.1 Å². The molecule has 0 N–H and O–H groups in total. The molecule has 3 aromatic rings. The van der Waals surface area contributed by atoms with Crippen molar-refractivity contribution in [1.82, 2.24) is 9.55 Å². The van der Waals surface area contributed by atoms with Gasteiger partial charge in [0, 0.05) is 17.7 Å². The maximum Gasteiger partial charge on any atom is 0.417 e. The summed E-state index contributed by atoms with van der Waals surface area (Å²) >= 11 is 0. The molecule has 1 heterocycles. The molecule has 3 rings (SSSR count). The number of benzene rings is 2. The molecular formula is C23H22F5N3O3. The summed E-state index contributed by atoms with van der Waals surface area (Å²) in [5.74, 6) is -1.35. The zero-order valence-electron chi connectivity index (χ0n) is 18.8. The van der Waals surface area contributed by atoms with E-state index in [1.807, 2.05) is 0 Å². The molecule has 0 saturated heterocycles. The fraction of sp³-hybridized carbons (Fsp3) is 0.348. The Hall–Kier alpha value is -3.50. The minimum absolute atomic E-state index is 0.0849. The Bertz CT molecular complexity index is 1260. The lowest BCUT2D eigenvalue weighted by molar-refractivity contribution is 0.0579. The number of anilines is 1. The molecule has 0 bridgehead atoms. The second-order valence-corrected chi connectivity index (χ2v) is 8.37. The van der Waals surface area contributed by atoms with Gasteiger partial charge in [-0.3, -0.25) is 4.79 Å². The van der Waals surface area contributed by atoms with Gasteiger partial charge in [-0.1, -0.05) is 6.07 Å². The van der Waals surface area contributed by atoms with Crippen LogP contribution >= 0.6 is 0 Å².